The number of hydrogen-bond donors (Lipinski definition) is 2. The van der Waals surface area contributed by atoms with Crippen LogP contribution >= 0.6 is 11.6 Å². The van der Waals surface area contributed by atoms with E-state index in [-0.39, 0.29) is 23.7 Å². The van der Waals surface area contributed by atoms with Gasteiger partial charge in [-0.3, -0.25) is 9.69 Å². The van der Waals surface area contributed by atoms with E-state index in [9.17, 15) is 22.4 Å². The number of amides is 1. The molecule has 0 bridgehead atoms. The lowest BCUT2D eigenvalue weighted by Crippen LogP contribution is -2.46. The number of pyridine rings is 1. The molecular formula is C24H22ClF4N7O. The van der Waals surface area contributed by atoms with Crippen molar-refractivity contribution in [2.24, 2.45) is 0 Å². The number of halogens is 5. The molecule has 1 aliphatic heterocycles. The molecule has 1 aliphatic rings. The van der Waals surface area contributed by atoms with E-state index in [1.165, 1.54) is 47.8 Å². The van der Waals surface area contributed by atoms with Crippen LogP contribution in [0.4, 0.5) is 34.8 Å². The number of carbonyl (C=O) groups is 1. The van der Waals surface area contributed by atoms with Gasteiger partial charge in [-0.15, -0.1) is 0 Å². The monoisotopic (exact) mass is 535 g/mol. The highest BCUT2D eigenvalue weighted by Crippen LogP contribution is 2.27. The zero-order chi connectivity index (χ0) is 26.4. The first-order valence-corrected chi connectivity index (χ1v) is 11.6. The first-order chi connectivity index (χ1) is 17.6. The number of nitrogens with one attached hydrogen (secondary N) is 2. The van der Waals surface area contributed by atoms with Crippen LogP contribution in [0.15, 0.2) is 61.1 Å². The third kappa shape index (κ3) is 7.86. The summed E-state index contributed by atoms with van der Waals surface area (Å²) in [4.78, 5) is 19.4. The number of rotatable bonds is 7. The zero-order valence-electron chi connectivity index (χ0n) is 19.3. The van der Waals surface area contributed by atoms with Gasteiger partial charge in [0.1, 0.15) is 11.6 Å². The second kappa shape index (κ2) is 11.5. The number of hydrogen-bond acceptors (Lipinski definition) is 7. The lowest BCUT2D eigenvalue weighted by Gasteiger charge is -2.35. The summed E-state index contributed by atoms with van der Waals surface area (Å²) in [6.45, 7) is -0.00309. The Morgan fingerprint density at radius 1 is 1.14 bits per heavy atom. The lowest BCUT2D eigenvalue weighted by atomic mass is 10.1. The van der Waals surface area contributed by atoms with Crippen molar-refractivity contribution in [1.29, 1.82) is 0 Å². The van der Waals surface area contributed by atoms with Crippen LogP contribution < -0.4 is 10.6 Å². The number of alkyl halides is 3. The molecule has 0 radical (unpaired) electrons. The molecule has 0 unspecified atom stereocenters. The fourth-order valence-corrected chi connectivity index (χ4v) is 3.92. The summed E-state index contributed by atoms with van der Waals surface area (Å²) in [6.07, 6.45) is 1.94. The maximum Gasteiger partial charge on any atom is 0.401 e. The molecule has 13 heteroatoms. The van der Waals surface area contributed by atoms with Gasteiger partial charge < -0.3 is 15.5 Å². The first kappa shape index (κ1) is 26.3. The van der Waals surface area contributed by atoms with Gasteiger partial charge in [-0.2, -0.15) is 23.4 Å². The van der Waals surface area contributed by atoms with Crippen LogP contribution in [-0.4, -0.2) is 63.4 Å². The van der Waals surface area contributed by atoms with Crippen LogP contribution in [0.1, 0.15) is 6.42 Å². The van der Waals surface area contributed by atoms with Crippen molar-refractivity contribution >= 4 is 34.7 Å². The van der Waals surface area contributed by atoms with Crippen molar-refractivity contribution < 1.29 is 22.4 Å². The Kier molecular flexibility index (Phi) is 8.19. The third-order valence-electron chi connectivity index (χ3n) is 5.30. The van der Waals surface area contributed by atoms with Crippen LogP contribution in [-0.2, 0) is 4.79 Å². The fraction of sp³-hybridized carbons (Fsp3) is 0.250. The minimum absolute atomic E-state index is 0.0853. The van der Waals surface area contributed by atoms with Gasteiger partial charge in [0.05, 0.1) is 30.8 Å². The lowest BCUT2D eigenvalue weighted by molar-refractivity contribution is -0.152. The van der Waals surface area contributed by atoms with Gasteiger partial charge >= 0.3 is 6.18 Å². The molecule has 1 amide bonds. The average Bonchev–Trinajstić information content (AvgIpc) is 2.84. The molecular weight excluding hydrogens is 514 g/mol. The minimum atomic E-state index is -4.27. The molecule has 194 valence electrons. The maximum absolute atomic E-state index is 14.2. The van der Waals surface area contributed by atoms with Crippen molar-refractivity contribution in [2.75, 3.05) is 36.9 Å². The summed E-state index contributed by atoms with van der Waals surface area (Å²) >= 11 is 5.97. The van der Waals surface area contributed by atoms with Gasteiger partial charge in [-0.05, 0) is 36.8 Å². The molecule has 1 aromatic carbocycles. The maximum atomic E-state index is 14.2. The molecule has 0 atom stereocenters. The molecule has 4 rings (SSSR count). The van der Waals surface area contributed by atoms with Crippen molar-refractivity contribution in [3.63, 3.8) is 0 Å². The van der Waals surface area contributed by atoms with Crippen LogP contribution in [0.5, 0.6) is 0 Å². The van der Waals surface area contributed by atoms with Gasteiger partial charge in [0.25, 0.3) is 5.91 Å². The van der Waals surface area contributed by atoms with Gasteiger partial charge in [0, 0.05) is 53.9 Å². The smallest absolute Gasteiger partial charge is 0.364 e. The second-order valence-corrected chi connectivity index (χ2v) is 8.72. The molecule has 2 aromatic heterocycles. The Labute approximate surface area is 215 Å². The largest absolute Gasteiger partial charge is 0.401 e. The van der Waals surface area contributed by atoms with E-state index in [2.05, 4.69) is 25.8 Å². The predicted molar refractivity (Wildman–Crippen MR) is 132 cm³/mol. The van der Waals surface area contributed by atoms with Crippen LogP contribution in [0.2, 0.25) is 5.02 Å². The van der Waals surface area contributed by atoms with E-state index < -0.39 is 24.4 Å². The summed E-state index contributed by atoms with van der Waals surface area (Å²) in [5.74, 6) is -0.725. The Morgan fingerprint density at radius 3 is 2.78 bits per heavy atom. The molecule has 0 saturated carbocycles. The highest BCUT2D eigenvalue weighted by Gasteiger charge is 2.32. The molecule has 0 aliphatic carbocycles. The van der Waals surface area contributed by atoms with E-state index in [1.54, 1.807) is 23.1 Å². The van der Waals surface area contributed by atoms with Crippen LogP contribution in [0.3, 0.4) is 0 Å². The average molecular weight is 536 g/mol. The highest BCUT2D eigenvalue weighted by molar-refractivity contribution is 6.30. The number of anilines is 3. The van der Waals surface area contributed by atoms with E-state index in [0.29, 0.717) is 35.9 Å². The summed E-state index contributed by atoms with van der Waals surface area (Å²) in [6, 6.07) is 8.98. The number of carbonyl (C=O) groups excluding carboxylic acids is 1. The summed E-state index contributed by atoms with van der Waals surface area (Å²) < 4.78 is 52.1. The quantitative estimate of drug-likeness (QED) is 0.323. The number of aromatic nitrogens is 3. The van der Waals surface area contributed by atoms with E-state index in [0.717, 1.165) is 0 Å². The van der Waals surface area contributed by atoms with Crippen molar-refractivity contribution in [3.8, 4) is 11.3 Å². The van der Waals surface area contributed by atoms with Gasteiger partial charge in [0.15, 0.2) is 0 Å². The SMILES string of the molecule is O=C(C=CN1CCCN(CC(F)(F)F)C1)Nc1cc(Nc2cnnc(-c3cc(Cl)ccc3F)c2)ccn1. The van der Waals surface area contributed by atoms with Crippen LogP contribution in [0, 0.1) is 5.82 Å². The molecule has 8 nitrogen and oxygen atoms in total. The Bertz CT molecular complexity index is 1290. The zero-order valence-corrected chi connectivity index (χ0v) is 20.1. The van der Waals surface area contributed by atoms with E-state index in [4.69, 9.17) is 11.6 Å². The molecule has 2 N–H and O–H groups in total. The predicted octanol–water partition coefficient (Wildman–Crippen LogP) is 5.05. The normalized spacial score (nSPS) is 14.7. The Hall–Kier alpha value is -3.77. The standard InChI is InChI=1S/C24H22ClF4N7O/c25-16-2-3-20(26)19(10-16)21-11-18(13-31-34-21)32-17-4-6-30-22(12-17)33-23(37)5-9-35-7-1-8-36(15-35)14-24(27,28)29/h2-6,9-13H,1,7-8,14-15H2,(H2,30,32,33,34,37). The molecule has 37 heavy (non-hydrogen) atoms. The molecule has 3 aromatic rings. The molecule has 1 saturated heterocycles. The van der Waals surface area contributed by atoms with Gasteiger partial charge in [0.2, 0.25) is 0 Å². The number of nitrogens with zero attached hydrogens (tertiary/aromatic N) is 5. The van der Waals surface area contributed by atoms with E-state index >= 15 is 0 Å². The van der Waals surface area contributed by atoms with Crippen molar-refractivity contribution in [1.82, 2.24) is 25.0 Å². The van der Waals surface area contributed by atoms with Gasteiger partial charge in [-0.1, -0.05) is 11.6 Å². The summed E-state index contributed by atoms with van der Waals surface area (Å²) in [5.41, 5.74) is 1.57. The number of benzene rings is 1. The fourth-order valence-electron chi connectivity index (χ4n) is 3.74. The minimum Gasteiger partial charge on any atom is -0.364 e. The van der Waals surface area contributed by atoms with Crippen molar-refractivity contribution in [3.05, 3.63) is 71.9 Å². The van der Waals surface area contributed by atoms with Crippen molar-refractivity contribution in [2.45, 2.75) is 12.6 Å². The molecule has 0 spiro atoms. The second-order valence-electron chi connectivity index (χ2n) is 8.29. The summed E-state index contributed by atoms with van der Waals surface area (Å²) in [5, 5.41) is 13.9. The first-order valence-electron chi connectivity index (χ1n) is 11.2. The molecule has 3 heterocycles. The topological polar surface area (TPSA) is 86.3 Å². The van der Waals surface area contributed by atoms with Crippen LogP contribution in [0.25, 0.3) is 11.3 Å². The molecule has 1 fully saturated rings. The Balaban J connectivity index is 1.37. The van der Waals surface area contributed by atoms with Gasteiger partial charge in [-0.25, -0.2) is 9.37 Å². The van der Waals surface area contributed by atoms with E-state index in [1.807, 2.05) is 0 Å². The Morgan fingerprint density at radius 2 is 1.97 bits per heavy atom. The third-order valence-corrected chi connectivity index (χ3v) is 5.53. The summed E-state index contributed by atoms with van der Waals surface area (Å²) in [7, 11) is 0. The highest BCUT2D eigenvalue weighted by atomic mass is 35.5.